The van der Waals surface area contributed by atoms with Crippen LogP contribution in [0.15, 0.2) is 0 Å². The summed E-state index contributed by atoms with van der Waals surface area (Å²) in [5.74, 6) is 2.02. The summed E-state index contributed by atoms with van der Waals surface area (Å²) in [6.45, 7) is 2.95. The maximum atomic E-state index is 11.6. The van der Waals surface area contributed by atoms with Gasteiger partial charge in [-0.05, 0) is 19.8 Å². The van der Waals surface area contributed by atoms with Crippen LogP contribution in [0, 0.1) is 6.92 Å². The molecule has 0 radical (unpaired) electrons. The third kappa shape index (κ3) is 2.66. The standard InChI is InChI=1S/C10H18N4O2S/c1-8-12-13-10(14(8)2)7-11-6-9-4-3-5-17(9,15)16/h9,11H,3-7H2,1-2H3. The first-order chi connectivity index (χ1) is 8.00. The molecule has 1 saturated heterocycles. The number of hydrogen-bond donors (Lipinski definition) is 1. The Balaban J connectivity index is 1.86. The molecule has 2 rings (SSSR count). The topological polar surface area (TPSA) is 76.9 Å². The zero-order valence-corrected chi connectivity index (χ0v) is 11.0. The Bertz CT molecular complexity index is 494. The van der Waals surface area contributed by atoms with E-state index in [-0.39, 0.29) is 5.25 Å². The van der Waals surface area contributed by atoms with Gasteiger partial charge in [-0.3, -0.25) is 0 Å². The fraction of sp³-hybridized carbons (Fsp3) is 0.800. The number of rotatable bonds is 4. The second kappa shape index (κ2) is 4.73. The molecule has 0 bridgehead atoms. The first-order valence-corrected chi connectivity index (χ1v) is 7.49. The van der Waals surface area contributed by atoms with Gasteiger partial charge < -0.3 is 9.88 Å². The van der Waals surface area contributed by atoms with Crippen molar-refractivity contribution in [3.05, 3.63) is 11.6 Å². The van der Waals surface area contributed by atoms with Crippen molar-refractivity contribution in [3.63, 3.8) is 0 Å². The van der Waals surface area contributed by atoms with Crippen LogP contribution in [0.3, 0.4) is 0 Å². The minimum atomic E-state index is -2.85. The van der Waals surface area contributed by atoms with Gasteiger partial charge in [-0.2, -0.15) is 0 Å². The average molecular weight is 258 g/mol. The summed E-state index contributed by atoms with van der Waals surface area (Å²) in [5.41, 5.74) is 0. The highest BCUT2D eigenvalue weighted by Gasteiger charge is 2.30. The van der Waals surface area contributed by atoms with E-state index < -0.39 is 9.84 Å². The Morgan fingerprint density at radius 2 is 2.24 bits per heavy atom. The first kappa shape index (κ1) is 12.5. The van der Waals surface area contributed by atoms with E-state index in [1.54, 1.807) is 0 Å². The summed E-state index contributed by atoms with van der Waals surface area (Å²) in [4.78, 5) is 0. The number of sulfone groups is 1. The van der Waals surface area contributed by atoms with E-state index in [9.17, 15) is 8.42 Å². The van der Waals surface area contributed by atoms with Crippen molar-refractivity contribution in [2.24, 2.45) is 7.05 Å². The van der Waals surface area contributed by atoms with Crippen molar-refractivity contribution in [2.75, 3.05) is 12.3 Å². The molecule has 1 fully saturated rings. The van der Waals surface area contributed by atoms with Crippen LogP contribution in [-0.4, -0.2) is 40.7 Å². The van der Waals surface area contributed by atoms with Crippen LogP contribution >= 0.6 is 0 Å². The van der Waals surface area contributed by atoms with Gasteiger partial charge in [0.25, 0.3) is 0 Å². The summed E-state index contributed by atoms with van der Waals surface area (Å²) in [6.07, 6.45) is 1.56. The molecular weight excluding hydrogens is 240 g/mol. The zero-order valence-electron chi connectivity index (χ0n) is 10.2. The van der Waals surface area contributed by atoms with Crippen LogP contribution in [0.1, 0.15) is 24.5 Å². The molecule has 0 aliphatic carbocycles. The zero-order chi connectivity index (χ0) is 12.5. The number of nitrogens with zero attached hydrogens (tertiary/aromatic N) is 3. The second-order valence-corrected chi connectivity index (χ2v) is 6.89. The quantitative estimate of drug-likeness (QED) is 0.808. The molecule has 0 spiro atoms. The largest absolute Gasteiger partial charge is 0.317 e. The Morgan fingerprint density at radius 3 is 2.76 bits per heavy atom. The normalized spacial score (nSPS) is 23.1. The Kier molecular flexibility index (Phi) is 3.48. The van der Waals surface area contributed by atoms with Crippen LogP contribution in [-0.2, 0) is 23.4 Å². The molecule has 96 valence electrons. The lowest BCUT2D eigenvalue weighted by atomic mass is 10.2. The highest BCUT2D eigenvalue weighted by Crippen LogP contribution is 2.19. The van der Waals surface area contributed by atoms with Crippen molar-refractivity contribution in [3.8, 4) is 0 Å². The van der Waals surface area contributed by atoms with Gasteiger partial charge in [0, 0.05) is 13.6 Å². The van der Waals surface area contributed by atoms with Gasteiger partial charge in [0.05, 0.1) is 17.5 Å². The van der Waals surface area contributed by atoms with Gasteiger partial charge in [-0.25, -0.2) is 8.42 Å². The number of aryl methyl sites for hydroxylation is 1. The fourth-order valence-corrected chi connectivity index (χ4v) is 3.84. The van der Waals surface area contributed by atoms with Crippen LogP contribution in [0.25, 0.3) is 0 Å². The fourth-order valence-electron chi connectivity index (χ4n) is 2.04. The summed E-state index contributed by atoms with van der Waals surface area (Å²) in [5, 5.41) is 10.9. The van der Waals surface area contributed by atoms with Gasteiger partial charge in [-0.15, -0.1) is 10.2 Å². The predicted octanol–water partition coefficient (Wildman–Crippen LogP) is -0.210. The van der Waals surface area contributed by atoms with Gasteiger partial charge in [0.1, 0.15) is 11.6 Å². The lowest BCUT2D eigenvalue weighted by Crippen LogP contribution is -2.30. The SMILES string of the molecule is Cc1nnc(CNCC2CCCS2(=O)=O)n1C. The monoisotopic (exact) mass is 258 g/mol. The lowest BCUT2D eigenvalue weighted by Gasteiger charge is -2.10. The van der Waals surface area contributed by atoms with Crippen molar-refractivity contribution < 1.29 is 8.42 Å². The summed E-state index contributed by atoms with van der Waals surface area (Å²) >= 11 is 0. The van der Waals surface area contributed by atoms with Crippen molar-refractivity contribution in [1.82, 2.24) is 20.1 Å². The molecule has 17 heavy (non-hydrogen) atoms. The van der Waals surface area contributed by atoms with Gasteiger partial charge in [-0.1, -0.05) is 0 Å². The van der Waals surface area contributed by atoms with E-state index in [2.05, 4.69) is 15.5 Å². The van der Waals surface area contributed by atoms with E-state index in [1.807, 2.05) is 18.5 Å². The summed E-state index contributed by atoms with van der Waals surface area (Å²) in [7, 11) is -0.950. The highest BCUT2D eigenvalue weighted by atomic mass is 32.2. The molecule has 1 N–H and O–H groups in total. The van der Waals surface area contributed by atoms with Crippen LogP contribution in [0.2, 0.25) is 0 Å². The van der Waals surface area contributed by atoms with E-state index in [0.717, 1.165) is 24.5 Å². The van der Waals surface area contributed by atoms with Crippen LogP contribution in [0.5, 0.6) is 0 Å². The molecule has 0 aromatic carbocycles. The molecule has 1 aromatic heterocycles. The summed E-state index contributed by atoms with van der Waals surface area (Å²) in [6, 6.07) is 0. The molecule has 2 heterocycles. The van der Waals surface area contributed by atoms with E-state index in [4.69, 9.17) is 0 Å². The molecule has 1 unspecified atom stereocenters. The minimum absolute atomic E-state index is 0.225. The maximum absolute atomic E-state index is 11.6. The molecule has 7 heteroatoms. The molecule has 6 nitrogen and oxygen atoms in total. The van der Waals surface area contributed by atoms with Gasteiger partial charge in [0.15, 0.2) is 9.84 Å². The van der Waals surface area contributed by atoms with E-state index >= 15 is 0 Å². The van der Waals surface area contributed by atoms with Crippen LogP contribution in [0.4, 0.5) is 0 Å². The molecule has 1 aromatic rings. The molecule has 1 atom stereocenters. The number of nitrogens with one attached hydrogen (secondary N) is 1. The number of aromatic nitrogens is 3. The maximum Gasteiger partial charge on any atom is 0.154 e. The predicted molar refractivity (Wildman–Crippen MR) is 64.3 cm³/mol. The van der Waals surface area contributed by atoms with Crippen molar-refractivity contribution in [2.45, 2.75) is 31.6 Å². The number of hydrogen-bond acceptors (Lipinski definition) is 5. The first-order valence-electron chi connectivity index (χ1n) is 5.78. The lowest BCUT2D eigenvalue weighted by molar-refractivity contribution is 0.566. The Hall–Kier alpha value is -0.950. The molecule has 0 saturated carbocycles. The molecule has 1 aliphatic heterocycles. The van der Waals surface area contributed by atoms with Gasteiger partial charge in [0.2, 0.25) is 0 Å². The van der Waals surface area contributed by atoms with Crippen LogP contribution < -0.4 is 5.32 Å². The van der Waals surface area contributed by atoms with Crippen molar-refractivity contribution in [1.29, 1.82) is 0 Å². The smallest absolute Gasteiger partial charge is 0.154 e. The third-order valence-electron chi connectivity index (χ3n) is 3.30. The Morgan fingerprint density at radius 1 is 1.47 bits per heavy atom. The molecular formula is C10H18N4O2S. The van der Waals surface area contributed by atoms with Gasteiger partial charge >= 0.3 is 0 Å². The second-order valence-electron chi connectivity index (χ2n) is 4.48. The minimum Gasteiger partial charge on any atom is -0.317 e. The van der Waals surface area contributed by atoms with E-state index in [0.29, 0.717) is 18.8 Å². The molecule has 1 aliphatic rings. The van der Waals surface area contributed by atoms with Crippen molar-refractivity contribution >= 4 is 9.84 Å². The highest BCUT2D eigenvalue weighted by molar-refractivity contribution is 7.92. The van der Waals surface area contributed by atoms with E-state index in [1.165, 1.54) is 0 Å². The third-order valence-corrected chi connectivity index (χ3v) is 5.58. The average Bonchev–Trinajstić information content (AvgIpc) is 2.75. The Labute approximate surface area is 101 Å². The molecule has 0 amide bonds. The summed E-state index contributed by atoms with van der Waals surface area (Å²) < 4.78 is 25.1.